The van der Waals surface area contributed by atoms with Crippen molar-refractivity contribution in [1.29, 1.82) is 0 Å². The number of halogens is 1. The van der Waals surface area contributed by atoms with E-state index in [1.165, 1.54) is 11.8 Å². The fourth-order valence-corrected chi connectivity index (χ4v) is 3.17. The molecule has 1 aliphatic heterocycles. The predicted octanol–water partition coefficient (Wildman–Crippen LogP) is 2.81. The predicted molar refractivity (Wildman–Crippen MR) is 68.6 cm³/mol. The lowest BCUT2D eigenvalue weighted by molar-refractivity contribution is 0.0692. The molecule has 2 heterocycles. The Hall–Kier alpha value is -0.590. The lowest BCUT2D eigenvalue weighted by Crippen LogP contribution is -2.14. The topological polar surface area (TPSA) is 59.4 Å². The second kappa shape index (κ2) is 5.37. The summed E-state index contributed by atoms with van der Waals surface area (Å²) in [5.74, 6) is -0.951. The first-order chi connectivity index (χ1) is 8.08. The zero-order chi connectivity index (χ0) is 12.4. The second-order valence-electron chi connectivity index (χ2n) is 3.83. The van der Waals surface area contributed by atoms with Gasteiger partial charge in [-0.05, 0) is 35.3 Å². The van der Waals surface area contributed by atoms with Crippen LogP contribution in [0.3, 0.4) is 0 Å². The molecule has 0 spiro atoms. The molecule has 17 heavy (non-hydrogen) atoms. The van der Waals surface area contributed by atoms with Gasteiger partial charge in [-0.15, -0.1) is 0 Å². The molecule has 4 nitrogen and oxygen atoms in total. The molecule has 0 amide bonds. The van der Waals surface area contributed by atoms with E-state index in [9.17, 15) is 4.79 Å². The second-order valence-corrected chi connectivity index (χ2v) is 5.98. The van der Waals surface area contributed by atoms with Crippen LogP contribution in [0.25, 0.3) is 0 Å². The molecular formula is C11H12BrNO3S. The normalized spacial score (nSPS) is 23.9. The van der Waals surface area contributed by atoms with Gasteiger partial charge in [0.15, 0.2) is 0 Å². The highest BCUT2D eigenvalue weighted by molar-refractivity contribution is 9.10. The van der Waals surface area contributed by atoms with Gasteiger partial charge in [-0.2, -0.15) is 0 Å². The summed E-state index contributed by atoms with van der Waals surface area (Å²) in [5.41, 5.74) is 0.239. The molecule has 1 aromatic rings. The number of thioether (sulfide) groups is 1. The maximum absolute atomic E-state index is 11.1. The van der Waals surface area contributed by atoms with Gasteiger partial charge in [0.25, 0.3) is 0 Å². The van der Waals surface area contributed by atoms with E-state index in [0.29, 0.717) is 9.50 Å². The molecule has 0 radical (unpaired) electrons. The average molecular weight is 318 g/mol. The van der Waals surface area contributed by atoms with E-state index in [0.717, 1.165) is 13.0 Å². The van der Waals surface area contributed by atoms with Crippen molar-refractivity contribution in [2.24, 2.45) is 0 Å². The van der Waals surface area contributed by atoms with Crippen LogP contribution in [0.1, 0.15) is 23.7 Å². The van der Waals surface area contributed by atoms with E-state index in [4.69, 9.17) is 9.84 Å². The molecule has 0 aromatic carbocycles. The molecule has 1 aromatic heterocycles. The number of ether oxygens (including phenoxy) is 1. The molecule has 2 rings (SSSR count). The molecule has 0 saturated carbocycles. The van der Waals surface area contributed by atoms with Crippen LogP contribution in [-0.4, -0.2) is 34.0 Å². The number of rotatable bonds is 3. The largest absolute Gasteiger partial charge is 0.478 e. The Balaban J connectivity index is 2.22. The van der Waals surface area contributed by atoms with Gasteiger partial charge in [-0.3, -0.25) is 0 Å². The number of pyridine rings is 1. The summed E-state index contributed by atoms with van der Waals surface area (Å²) >= 11 is 4.71. The van der Waals surface area contributed by atoms with Crippen LogP contribution in [0.15, 0.2) is 21.8 Å². The van der Waals surface area contributed by atoms with Crippen LogP contribution in [0.4, 0.5) is 0 Å². The first kappa shape index (κ1) is 12.9. The third-order valence-electron chi connectivity index (χ3n) is 2.62. The number of carboxylic acids is 1. The van der Waals surface area contributed by atoms with Crippen molar-refractivity contribution in [3.8, 4) is 0 Å². The van der Waals surface area contributed by atoms with Crippen LogP contribution < -0.4 is 0 Å². The number of aromatic carboxylic acids is 1. The molecule has 2 unspecified atom stereocenters. The van der Waals surface area contributed by atoms with Crippen molar-refractivity contribution in [1.82, 2.24) is 4.98 Å². The van der Waals surface area contributed by atoms with Gasteiger partial charge >= 0.3 is 5.97 Å². The van der Waals surface area contributed by atoms with Gasteiger partial charge in [0.2, 0.25) is 0 Å². The molecule has 1 saturated heterocycles. The van der Waals surface area contributed by atoms with Crippen molar-refractivity contribution in [2.75, 3.05) is 6.61 Å². The molecule has 1 fully saturated rings. The summed E-state index contributed by atoms with van der Waals surface area (Å²) in [6, 6.07) is 1.58. The minimum absolute atomic E-state index is 0.145. The Morgan fingerprint density at radius 3 is 3.06 bits per heavy atom. The molecular weight excluding hydrogens is 306 g/mol. The average Bonchev–Trinajstić information content (AvgIpc) is 2.67. The molecule has 1 N–H and O–H groups in total. The summed E-state index contributed by atoms with van der Waals surface area (Å²) in [7, 11) is 0. The highest BCUT2D eigenvalue weighted by Gasteiger charge is 2.27. The molecule has 92 valence electrons. The summed E-state index contributed by atoms with van der Waals surface area (Å²) in [5, 5.41) is 9.96. The quantitative estimate of drug-likeness (QED) is 0.929. The van der Waals surface area contributed by atoms with Crippen LogP contribution in [-0.2, 0) is 4.74 Å². The summed E-state index contributed by atoms with van der Waals surface area (Å²) in [6.07, 6.45) is 2.70. The fourth-order valence-electron chi connectivity index (χ4n) is 1.68. The smallest absolute Gasteiger partial charge is 0.338 e. The summed E-state index contributed by atoms with van der Waals surface area (Å²) in [6.45, 7) is 2.74. The van der Waals surface area contributed by atoms with Crippen molar-refractivity contribution in [2.45, 2.75) is 29.7 Å². The molecule has 0 aliphatic carbocycles. The Kier molecular flexibility index (Phi) is 4.06. The molecule has 0 bridgehead atoms. The van der Waals surface area contributed by atoms with Gasteiger partial charge in [0.1, 0.15) is 5.03 Å². The highest BCUT2D eigenvalue weighted by Crippen LogP contribution is 2.33. The van der Waals surface area contributed by atoms with E-state index in [1.54, 1.807) is 12.3 Å². The monoisotopic (exact) mass is 317 g/mol. The Bertz CT molecular complexity index is 441. The minimum atomic E-state index is -0.951. The summed E-state index contributed by atoms with van der Waals surface area (Å²) in [4.78, 5) is 15.3. The van der Waals surface area contributed by atoms with Gasteiger partial charge < -0.3 is 9.84 Å². The lowest BCUT2D eigenvalue weighted by Gasteiger charge is -2.14. The van der Waals surface area contributed by atoms with Gasteiger partial charge in [-0.1, -0.05) is 11.8 Å². The van der Waals surface area contributed by atoms with Gasteiger partial charge in [0, 0.05) is 22.5 Å². The van der Waals surface area contributed by atoms with E-state index in [-0.39, 0.29) is 16.9 Å². The SMILES string of the molecule is CC1OCCC1Sc1ncc(Br)cc1C(=O)O. The number of nitrogens with zero attached hydrogens (tertiary/aromatic N) is 1. The zero-order valence-corrected chi connectivity index (χ0v) is 11.6. The van der Waals surface area contributed by atoms with Crippen LogP contribution in [0.2, 0.25) is 0 Å². The van der Waals surface area contributed by atoms with Crippen LogP contribution in [0.5, 0.6) is 0 Å². The Labute approximate surface area is 112 Å². The van der Waals surface area contributed by atoms with Gasteiger partial charge in [0.05, 0.1) is 11.7 Å². The van der Waals surface area contributed by atoms with Crippen molar-refractivity contribution in [3.05, 3.63) is 22.3 Å². The van der Waals surface area contributed by atoms with Gasteiger partial charge in [-0.25, -0.2) is 9.78 Å². The van der Waals surface area contributed by atoms with Crippen LogP contribution in [0, 0.1) is 0 Å². The third kappa shape index (κ3) is 3.00. The Morgan fingerprint density at radius 2 is 2.47 bits per heavy atom. The molecule has 1 aliphatic rings. The number of aromatic nitrogens is 1. The van der Waals surface area contributed by atoms with E-state index in [1.807, 2.05) is 6.92 Å². The number of hydrogen-bond donors (Lipinski definition) is 1. The minimum Gasteiger partial charge on any atom is -0.478 e. The first-order valence-corrected chi connectivity index (χ1v) is 6.92. The van der Waals surface area contributed by atoms with Crippen molar-refractivity contribution < 1.29 is 14.6 Å². The number of carbonyl (C=O) groups is 1. The standard InChI is InChI=1S/C11H12BrNO3S/c1-6-9(2-3-16-6)17-10-8(11(14)15)4-7(12)5-13-10/h4-6,9H,2-3H2,1H3,(H,14,15). The number of carboxylic acid groups (broad SMARTS) is 1. The lowest BCUT2D eigenvalue weighted by atomic mass is 10.2. The fraction of sp³-hybridized carbons (Fsp3) is 0.455. The molecule has 2 atom stereocenters. The maximum Gasteiger partial charge on any atom is 0.338 e. The zero-order valence-electron chi connectivity index (χ0n) is 9.22. The van der Waals surface area contributed by atoms with Crippen LogP contribution >= 0.6 is 27.7 Å². The van der Waals surface area contributed by atoms with E-state index >= 15 is 0 Å². The number of hydrogen-bond acceptors (Lipinski definition) is 4. The first-order valence-electron chi connectivity index (χ1n) is 5.25. The maximum atomic E-state index is 11.1. The van der Waals surface area contributed by atoms with E-state index in [2.05, 4.69) is 20.9 Å². The van der Waals surface area contributed by atoms with E-state index < -0.39 is 5.97 Å². The summed E-state index contributed by atoms with van der Waals surface area (Å²) < 4.78 is 6.13. The van der Waals surface area contributed by atoms with Crippen molar-refractivity contribution >= 4 is 33.7 Å². The highest BCUT2D eigenvalue weighted by atomic mass is 79.9. The molecule has 6 heteroatoms. The Morgan fingerprint density at radius 1 is 1.71 bits per heavy atom. The third-order valence-corrected chi connectivity index (χ3v) is 4.52. The van der Waals surface area contributed by atoms with Crippen molar-refractivity contribution in [3.63, 3.8) is 0 Å².